The Bertz CT molecular complexity index is 736. The first kappa shape index (κ1) is 25.9. The van der Waals surface area contributed by atoms with Gasteiger partial charge in [-0.1, -0.05) is 119 Å². The van der Waals surface area contributed by atoms with E-state index >= 15 is 0 Å². The summed E-state index contributed by atoms with van der Waals surface area (Å²) in [6.45, 7) is 2.27. The number of allylic oxidation sites excluding steroid dienone is 2. The van der Waals surface area contributed by atoms with E-state index < -0.39 is 0 Å². The van der Waals surface area contributed by atoms with Crippen LogP contribution in [0.5, 0.6) is 5.75 Å². The van der Waals surface area contributed by atoms with Gasteiger partial charge >= 0.3 is 5.97 Å². The largest absolute Gasteiger partial charge is 0.426 e. The molecule has 2 rings (SSSR count). The average Bonchev–Trinajstić information content (AvgIpc) is 2.83. The summed E-state index contributed by atoms with van der Waals surface area (Å²) >= 11 is 0. The molecule has 0 N–H and O–H groups in total. The lowest BCUT2D eigenvalue weighted by molar-refractivity contribution is -0.136. The number of carbonyl (C=O) groups is 1. The number of carbonyl (C=O) groups excluding carboxylic acids is 1. The number of rotatable bonds is 17. The minimum Gasteiger partial charge on any atom is -0.426 e. The maximum Gasteiger partial charge on any atom is 0.318 e. The highest BCUT2D eigenvalue weighted by Crippen LogP contribution is 2.25. The quantitative estimate of drug-likeness (QED) is 0.107. The maximum atomic E-state index is 12.8. The highest BCUT2D eigenvalue weighted by atomic mass is 16.5. The van der Waals surface area contributed by atoms with Crippen molar-refractivity contribution in [2.24, 2.45) is 0 Å². The summed E-state index contributed by atoms with van der Waals surface area (Å²) < 4.78 is 5.65. The Labute approximate surface area is 196 Å². The summed E-state index contributed by atoms with van der Waals surface area (Å²) in [4.78, 5) is 12.8. The van der Waals surface area contributed by atoms with Gasteiger partial charge in [-0.05, 0) is 49.8 Å². The monoisotopic (exact) mass is 434 g/mol. The molecule has 0 fully saturated rings. The lowest BCUT2D eigenvalue weighted by Crippen LogP contribution is -2.19. The molecule has 174 valence electrons. The van der Waals surface area contributed by atoms with Crippen LogP contribution in [0.25, 0.3) is 0 Å². The third kappa shape index (κ3) is 11.3. The van der Waals surface area contributed by atoms with E-state index in [2.05, 4.69) is 19.1 Å². The van der Waals surface area contributed by atoms with Gasteiger partial charge in [0.1, 0.15) is 5.75 Å². The van der Waals surface area contributed by atoms with Crippen molar-refractivity contribution in [3.8, 4) is 5.75 Å². The summed E-state index contributed by atoms with van der Waals surface area (Å²) in [5.74, 6) is 0.264. The second-order valence-electron chi connectivity index (χ2n) is 8.72. The number of unbranched alkanes of at least 4 members (excludes halogenated alkanes) is 10. The Morgan fingerprint density at radius 2 is 1.25 bits per heavy atom. The van der Waals surface area contributed by atoms with Crippen LogP contribution in [0.2, 0.25) is 0 Å². The molecule has 0 aliphatic rings. The predicted octanol–water partition coefficient (Wildman–Crippen LogP) is 9.02. The van der Waals surface area contributed by atoms with Crippen LogP contribution in [0.15, 0.2) is 72.8 Å². The van der Waals surface area contributed by atoms with Crippen LogP contribution in [0.4, 0.5) is 0 Å². The van der Waals surface area contributed by atoms with Crippen molar-refractivity contribution in [3.05, 3.63) is 78.4 Å². The van der Waals surface area contributed by atoms with E-state index in [0.29, 0.717) is 5.75 Å². The summed E-state index contributed by atoms with van der Waals surface area (Å²) in [6, 6.07) is 19.4. The van der Waals surface area contributed by atoms with E-state index in [-0.39, 0.29) is 11.9 Å². The number of benzene rings is 2. The molecule has 32 heavy (non-hydrogen) atoms. The normalized spacial score (nSPS) is 12.2. The van der Waals surface area contributed by atoms with Crippen molar-refractivity contribution in [1.29, 1.82) is 0 Å². The van der Waals surface area contributed by atoms with Gasteiger partial charge in [0.2, 0.25) is 0 Å². The van der Waals surface area contributed by atoms with E-state index in [9.17, 15) is 4.79 Å². The van der Waals surface area contributed by atoms with E-state index in [1.54, 1.807) is 0 Å². The molecule has 1 unspecified atom stereocenters. The molecular formula is C30H42O2. The standard InChI is InChI=1S/C30H42O2/c1-2-3-4-5-6-7-8-9-10-11-12-13-14-21-26-29(27-22-17-15-18-23-27)30(31)32-28-24-19-16-20-25-28/h9-10,15-20,22-25,29H,2-8,11-14,21,26H2,1H3/b10-9-. The number of ether oxygens (including phenoxy) is 1. The topological polar surface area (TPSA) is 26.3 Å². The Hall–Kier alpha value is -2.35. The second kappa shape index (κ2) is 17.2. The zero-order chi connectivity index (χ0) is 22.7. The fourth-order valence-corrected chi connectivity index (χ4v) is 4.02. The summed E-state index contributed by atoms with van der Waals surface area (Å²) in [5.41, 5.74) is 1.05. The highest BCUT2D eigenvalue weighted by molar-refractivity contribution is 5.80. The van der Waals surface area contributed by atoms with Crippen LogP contribution >= 0.6 is 0 Å². The van der Waals surface area contributed by atoms with Gasteiger partial charge in [0, 0.05) is 0 Å². The van der Waals surface area contributed by atoms with Crippen molar-refractivity contribution in [1.82, 2.24) is 0 Å². The third-order valence-electron chi connectivity index (χ3n) is 5.95. The molecule has 0 radical (unpaired) electrons. The van der Waals surface area contributed by atoms with Crippen LogP contribution in [0.3, 0.4) is 0 Å². The number of para-hydroxylation sites is 1. The van der Waals surface area contributed by atoms with Gasteiger partial charge in [-0.15, -0.1) is 0 Å². The Kier molecular flexibility index (Phi) is 14.0. The van der Waals surface area contributed by atoms with Crippen molar-refractivity contribution in [2.45, 2.75) is 96.3 Å². The van der Waals surface area contributed by atoms with E-state index in [1.165, 1.54) is 64.2 Å². The minimum absolute atomic E-state index is 0.153. The molecule has 2 nitrogen and oxygen atoms in total. The second-order valence-corrected chi connectivity index (χ2v) is 8.72. The van der Waals surface area contributed by atoms with Crippen LogP contribution in [0.1, 0.15) is 102 Å². The first-order valence-electron chi connectivity index (χ1n) is 12.8. The predicted molar refractivity (Wildman–Crippen MR) is 136 cm³/mol. The van der Waals surface area contributed by atoms with Crippen LogP contribution in [-0.2, 0) is 4.79 Å². The van der Waals surface area contributed by atoms with Gasteiger partial charge in [0.05, 0.1) is 5.92 Å². The van der Waals surface area contributed by atoms with E-state index in [4.69, 9.17) is 4.74 Å². The summed E-state index contributed by atoms with van der Waals surface area (Å²) in [5, 5.41) is 0. The Morgan fingerprint density at radius 1 is 0.719 bits per heavy atom. The molecule has 1 atom stereocenters. The first-order valence-corrected chi connectivity index (χ1v) is 12.8. The smallest absolute Gasteiger partial charge is 0.318 e. The molecule has 2 heteroatoms. The van der Waals surface area contributed by atoms with Crippen LogP contribution < -0.4 is 4.74 Å². The lowest BCUT2D eigenvalue weighted by Gasteiger charge is -2.16. The fourth-order valence-electron chi connectivity index (χ4n) is 4.02. The maximum absolute atomic E-state index is 12.8. The third-order valence-corrected chi connectivity index (χ3v) is 5.95. The van der Waals surface area contributed by atoms with Gasteiger partial charge in [0.15, 0.2) is 0 Å². The van der Waals surface area contributed by atoms with E-state index in [0.717, 1.165) is 24.8 Å². The molecule has 0 saturated carbocycles. The van der Waals surface area contributed by atoms with Crippen LogP contribution in [0, 0.1) is 0 Å². The summed E-state index contributed by atoms with van der Waals surface area (Å²) in [7, 11) is 0. The number of hydrogen-bond donors (Lipinski definition) is 0. The van der Waals surface area contributed by atoms with E-state index in [1.807, 2.05) is 60.7 Å². The summed E-state index contributed by atoms with van der Waals surface area (Å²) in [6.07, 6.45) is 20.8. The number of hydrogen-bond acceptors (Lipinski definition) is 2. The molecule has 0 aliphatic carbocycles. The van der Waals surface area contributed by atoms with Gasteiger partial charge in [-0.25, -0.2) is 0 Å². The molecule has 0 aliphatic heterocycles. The zero-order valence-corrected chi connectivity index (χ0v) is 20.0. The van der Waals surface area contributed by atoms with Crippen LogP contribution in [-0.4, -0.2) is 5.97 Å². The first-order chi connectivity index (χ1) is 15.8. The van der Waals surface area contributed by atoms with Crippen molar-refractivity contribution >= 4 is 5.97 Å². The zero-order valence-electron chi connectivity index (χ0n) is 20.0. The Balaban J connectivity index is 1.62. The molecule has 2 aromatic rings. The molecule has 0 amide bonds. The van der Waals surface area contributed by atoms with Gasteiger partial charge in [-0.2, -0.15) is 0 Å². The molecular weight excluding hydrogens is 392 g/mol. The molecule has 0 aromatic heterocycles. The highest BCUT2D eigenvalue weighted by Gasteiger charge is 2.22. The van der Waals surface area contributed by atoms with Gasteiger partial charge in [0.25, 0.3) is 0 Å². The minimum atomic E-state index is -0.200. The molecule has 0 spiro atoms. The molecule has 0 bridgehead atoms. The van der Waals surface area contributed by atoms with Crippen molar-refractivity contribution in [3.63, 3.8) is 0 Å². The van der Waals surface area contributed by atoms with Gasteiger partial charge < -0.3 is 4.74 Å². The van der Waals surface area contributed by atoms with Crippen molar-refractivity contribution < 1.29 is 9.53 Å². The van der Waals surface area contributed by atoms with Crippen molar-refractivity contribution in [2.75, 3.05) is 0 Å². The number of esters is 1. The average molecular weight is 435 g/mol. The fraction of sp³-hybridized carbons (Fsp3) is 0.500. The molecule has 2 aromatic carbocycles. The molecule has 0 heterocycles. The SMILES string of the molecule is CCCCCCCC/C=C\CCCCCCC(C(=O)Oc1ccccc1)c1ccccc1. The van der Waals surface area contributed by atoms with Gasteiger partial charge in [-0.3, -0.25) is 4.79 Å². The Morgan fingerprint density at radius 3 is 1.88 bits per heavy atom. The lowest BCUT2D eigenvalue weighted by atomic mass is 9.93. The molecule has 0 saturated heterocycles.